The van der Waals surface area contributed by atoms with Crippen molar-refractivity contribution < 1.29 is 48.8 Å². The van der Waals surface area contributed by atoms with Crippen LogP contribution in [0.4, 0.5) is 0 Å². The largest absolute Gasteiger partial charge is 0.480 e. The van der Waals surface area contributed by atoms with Crippen molar-refractivity contribution in [2.24, 2.45) is 11.7 Å². The van der Waals surface area contributed by atoms with Crippen LogP contribution in [0.15, 0.2) is 0 Å². The van der Waals surface area contributed by atoms with Gasteiger partial charge in [-0.05, 0) is 6.42 Å². The lowest BCUT2D eigenvalue weighted by atomic mass is 9.99. The summed E-state index contributed by atoms with van der Waals surface area (Å²) in [6.07, 6.45) is -1.19. The summed E-state index contributed by atoms with van der Waals surface area (Å²) in [7, 11) is 1.09. The smallest absolute Gasteiger partial charge is 0.322 e. The SMILES string of the molecule is COC(=O)C[C@H](SC[C@H](CC(=O)CC[C@H](N)C(=O)O)C(=O)NCC(=O)O)C(=O)O. The molecule has 0 aromatic heterocycles. The van der Waals surface area contributed by atoms with E-state index in [2.05, 4.69) is 10.1 Å². The Kier molecular flexibility index (Phi) is 12.3. The summed E-state index contributed by atoms with van der Waals surface area (Å²) in [6, 6.07) is -1.25. The molecule has 0 radical (unpaired) electrons. The highest BCUT2D eigenvalue weighted by molar-refractivity contribution is 8.00. The van der Waals surface area contributed by atoms with Crippen molar-refractivity contribution in [1.29, 1.82) is 0 Å². The van der Waals surface area contributed by atoms with Crippen LogP contribution in [0.5, 0.6) is 0 Å². The minimum Gasteiger partial charge on any atom is -0.480 e. The molecule has 0 bridgehead atoms. The molecule has 0 aliphatic rings. The Balaban J connectivity index is 5.03. The monoisotopic (exact) mass is 436 g/mol. The van der Waals surface area contributed by atoms with Gasteiger partial charge in [-0.2, -0.15) is 0 Å². The van der Waals surface area contributed by atoms with Crippen molar-refractivity contribution >= 4 is 47.3 Å². The number of carbonyl (C=O) groups is 6. The number of Topliss-reactive ketones (excluding diaryl/α,β-unsaturated/α-hetero) is 1. The van der Waals surface area contributed by atoms with Gasteiger partial charge in [0.15, 0.2) is 0 Å². The summed E-state index contributed by atoms with van der Waals surface area (Å²) in [4.78, 5) is 68.2. The fourth-order valence-electron chi connectivity index (χ4n) is 2.04. The van der Waals surface area contributed by atoms with Crippen molar-refractivity contribution in [3.8, 4) is 0 Å². The Hall–Kier alpha value is -2.67. The Labute approximate surface area is 170 Å². The summed E-state index contributed by atoms with van der Waals surface area (Å²) >= 11 is 0.736. The number of ketones is 1. The molecule has 0 aliphatic heterocycles. The first-order valence-electron chi connectivity index (χ1n) is 8.38. The van der Waals surface area contributed by atoms with E-state index < -0.39 is 65.7 Å². The van der Waals surface area contributed by atoms with Crippen LogP contribution in [0.3, 0.4) is 0 Å². The number of hydrogen-bond acceptors (Lipinski definition) is 9. The van der Waals surface area contributed by atoms with E-state index in [1.165, 1.54) is 0 Å². The third kappa shape index (κ3) is 11.7. The van der Waals surface area contributed by atoms with E-state index in [9.17, 15) is 33.9 Å². The molecule has 0 spiro atoms. The molecule has 0 aliphatic carbocycles. The first-order valence-corrected chi connectivity index (χ1v) is 9.43. The molecule has 0 fully saturated rings. The van der Waals surface area contributed by atoms with Crippen LogP contribution in [0.1, 0.15) is 25.7 Å². The highest BCUT2D eigenvalue weighted by atomic mass is 32.2. The Bertz CT molecular complexity index is 639. The van der Waals surface area contributed by atoms with Crippen LogP contribution in [-0.2, 0) is 33.5 Å². The number of carbonyl (C=O) groups excluding carboxylic acids is 3. The van der Waals surface area contributed by atoms with Gasteiger partial charge in [0, 0.05) is 18.6 Å². The minimum absolute atomic E-state index is 0.148. The number of thioether (sulfide) groups is 1. The van der Waals surface area contributed by atoms with E-state index in [-0.39, 0.29) is 25.0 Å². The van der Waals surface area contributed by atoms with Gasteiger partial charge >= 0.3 is 23.9 Å². The second kappa shape index (κ2) is 13.5. The molecule has 6 N–H and O–H groups in total. The van der Waals surface area contributed by atoms with Gasteiger partial charge in [0.05, 0.1) is 19.4 Å². The zero-order valence-corrected chi connectivity index (χ0v) is 16.5. The number of hydrogen-bond donors (Lipinski definition) is 5. The Morgan fingerprint density at radius 3 is 2.14 bits per heavy atom. The normalized spacial score (nSPS) is 13.6. The third-order valence-corrected chi connectivity index (χ3v) is 5.03. The molecule has 0 aromatic carbocycles. The van der Waals surface area contributed by atoms with Gasteiger partial charge < -0.3 is 31.1 Å². The molecular formula is C16H24N2O10S. The first kappa shape index (κ1) is 26.3. The highest BCUT2D eigenvalue weighted by Crippen LogP contribution is 2.22. The maximum absolute atomic E-state index is 12.2. The molecule has 29 heavy (non-hydrogen) atoms. The fourth-order valence-corrected chi connectivity index (χ4v) is 3.17. The Morgan fingerprint density at radius 2 is 1.66 bits per heavy atom. The van der Waals surface area contributed by atoms with Gasteiger partial charge in [0.25, 0.3) is 0 Å². The number of rotatable bonds is 15. The molecule has 0 unspecified atom stereocenters. The zero-order chi connectivity index (χ0) is 22.6. The molecule has 0 aromatic rings. The van der Waals surface area contributed by atoms with Gasteiger partial charge in [-0.25, -0.2) is 0 Å². The van der Waals surface area contributed by atoms with Gasteiger partial charge in [-0.3, -0.25) is 28.8 Å². The average Bonchev–Trinajstić information content (AvgIpc) is 2.65. The fraction of sp³-hybridized carbons (Fsp3) is 0.625. The maximum Gasteiger partial charge on any atom is 0.322 e. The molecule has 0 rings (SSSR count). The minimum atomic E-state index is -1.32. The zero-order valence-electron chi connectivity index (χ0n) is 15.7. The van der Waals surface area contributed by atoms with Gasteiger partial charge in [0.1, 0.15) is 23.6 Å². The quantitative estimate of drug-likeness (QED) is 0.190. The van der Waals surface area contributed by atoms with Crippen LogP contribution >= 0.6 is 11.8 Å². The summed E-state index contributed by atoms with van der Waals surface area (Å²) in [5, 5.41) is 27.4. The van der Waals surface area contributed by atoms with Crippen LogP contribution in [0, 0.1) is 5.92 Å². The van der Waals surface area contributed by atoms with Crippen molar-refractivity contribution in [2.45, 2.75) is 37.0 Å². The van der Waals surface area contributed by atoms with Crippen molar-refractivity contribution in [3.05, 3.63) is 0 Å². The second-order valence-corrected chi connectivity index (χ2v) is 7.21. The number of methoxy groups -OCH3 is 1. The molecular weight excluding hydrogens is 412 g/mol. The van der Waals surface area contributed by atoms with E-state index in [1.807, 2.05) is 0 Å². The van der Waals surface area contributed by atoms with Gasteiger partial charge in [-0.15, -0.1) is 11.8 Å². The highest BCUT2D eigenvalue weighted by Gasteiger charge is 2.28. The van der Waals surface area contributed by atoms with Crippen LogP contribution in [0.25, 0.3) is 0 Å². The van der Waals surface area contributed by atoms with Crippen molar-refractivity contribution in [2.75, 3.05) is 19.4 Å². The van der Waals surface area contributed by atoms with Gasteiger partial charge in [-0.1, -0.05) is 0 Å². The molecule has 164 valence electrons. The number of esters is 1. The number of carboxylic acids is 3. The second-order valence-electron chi connectivity index (χ2n) is 5.98. The molecule has 0 heterocycles. The lowest BCUT2D eigenvalue weighted by Crippen LogP contribution is -2.37. The number of nitrogens with one attached hydrogen (secondary N) is 1. The molecule has 0 saturated heterocycles. The topological polar surface area (TPSA) is 210 Å². The molecule has 1 amide bonds. The molecule has 0 saturated carbocycles. The van der Waals surface area contributed by atoms with Crippen LogP contribution in [0.2, 0.25) is 0 Å². The van der Waals surface area contributed by atoms with E-state index in [1.54, 1.807) is 0 Å². The first-order chi connectivity index (χ1) is 13.5. The number of ether oxygens (including phenoxy) is 1. The molecule has 13 heteroatoms. The predicted molar refractivity (Wildman–Crippen MR) is 99.1 cm³/mol. The standard InChI is InChI=1S/C16H24N2O10S/c1-28-13(22)5-11(16(26)27)29-7-8(14(23)18-6-12(20)21)4-9(19)2-3-10(17)15(24)25/h8,10-11H,2-7,17H2,1H3,(H,18,23)(H,20,21)(H,24,25)(H,26,27)/t8-,10-,11-/m0/s1. The Morgan fingerprint density at radius 1 is 1.03 bits per heavy atom. The van der Waals surface area contributed by atoms with E-state index >= 15 is 0 Å². The van der Waals surface area contributed by atoms with Crippen molar-refractivity contribution in [1.82, 2.24) is 5.32 Å². The maximum atomic E-state index is 12.2. The summed E-state index contributed by atoms with van der Waals surface area (Å²) < 4.78 is 4.41. The molecule has 3 atom stereocenters. The lowest BCUT2D eigenvalue weighted by molar-refractivity contribution is -0.145. The van der Waals surface area contributed by atoms with E-state index in [4.69, 9.17) is 15.9 Å². The predicted octanol–water partition coefficient (Wildman–Crippen LogP) is -1.30. The van der Waals surface area contributed by atoms with Crippen LogP contribution < -0.4 is 11.1 Å². The third-order valence-electron chi connectivity index (χ3n) is 3.66. The molecule has 12 nitrogen and oxygen atoms in total. The average molecular weight is 436 g/mol. The van der Waals surface area contributed by atoms with Gasteiger partial charge in [0.2, 0.25) is 5.91 Å². The van der Waals surface area contributed by atoms with Crippen molar-refractivity contribution in [3.63, 3.8) is 0 Å². The number of carboxylic acid groups (broad SMARTS) is 3. The summed E-state index contributed by atoms with van der Waals surface area (Å²) in [5.41, 5.74) is 5.32. The summed E-state index contributed by atoms with van der Waals surface area (Å²) in [5.74, 6) is -7.20. The van der Waals surface area contributed by atoms with E-state index in [0.717, 1.165) is 18.9 Å². The number of aliphatic carboxylic acids is 3. The lowest BCUT2D eigenvalue weighted by Gasteiger charge is -2.18. The number of amides is 1. The summed E-state index contributed by atoms with van der Waals surface area (Å²) in [6.45, 7) is -0.692. The van der Waals surface area contributed by atoms with E-state index in [0.29, 0.717) is 0 Å². The number of nitrogens with two attached hydrogens (primary N) is 1. The van der Waals surface area contributed by atoms with Crippen LogP contribution in [-0.4, -0.2) is 81.6 Å².